The van der Waals surface area contributed by atoms with Gasteiger partial charge in [-0.15, -0.1) is 0 Å². The maximum atomic E-state index is 3.74. The van der Waals surface area contributed by atoms with Gasteiger partial charge in [-0.25, -0.2) is 0 Å². The van der Waals surface area contributed by atoms with E-state index in [1.807, 2.05) is 6.08 Å². The van der Waals surface area contributed by atoms with Crippen molar-refractivity contribution < 1.29 is 0 Å². The van der Waals surface area contributed by atoms with Crippen LogP contribution in [0.1, 0.15) is 41.0 Å². The predicted molar refractivity (Wildman–Crippen MR) is 83.2 cm³/mol. The fraction of sp³-hybridized carbons (Fsp3) is 0.412. The van der Waals surface area contributed by atoms with Gasteiger partial charge in [-0.2, -0.15) is 0 Å². The van der Waals surface area contributed by atoms with E-state index in [-0.39, 0.29) is 0 Å². The number of nitrogens with one attached hydrogen (secondary N) is 1. The zero-order valence-corrected chi connectivity index (χ0v) is 12.5. The van der Waals surface area contributed by atoms with Crippen LogP contribution in [-0.4, -0.2) is 0 Å². The number of hydrogen-bond donors (Lipinski definition) is 1. The second kappa shape index (κ2) is 8.57. The molecule has 100 valence electrons. The van der Waals surface area contributed by atoms with Crippen LogP contribution in [0.3, 0.4) is 0 Å². The maximum Gasteiger partial charge on any atom is 0.0191 e. The molecule has 1 heteroatoms. The summed E-state index contributed by atoms with van der Waals surface area (Å²) in [4.78, 5) is 0. The Morgan fingerprint density at radius 2 is 1.83 bits per heavy atom. The highest BCUT2D eigenvalue weighted by molar-refractivity contribution is 5.46. The van der Waals surface area contributed by atoms with Crippen LogP contribution < -0.4 is 5.32 Å². The van der Waals surface area contributed by atoms with E-state index in [0.29, 0.717) is 5.92 Å². The van der Waals surface area contributed by atoms with Gasteiger partial charge in [-0.1, -0.05) is 57.7 Å². The Hall–Kier alpha value is -1.50. The average Bonchev–Trinajstić information content (AvgIpc) is 2.33. The fourth-order valence-corrected chi connectivity index (χ4v) is 1.88. The number of hydrogen-bond acceptors (Lipinski definition) is 1. The van der Waals surface area contributed by atoms with Crippen LogP contribution in [0.5, 0.6) is 0 Å². The molecule has 1 N–H and O–H groups in total. The second-order valence-electron chi connectivity index (χ2n) is 4.65. The molecule has 0 bridgehead atoms. The minimum absolute atomic E-state index is 0.559. The minimum atomic E-state index is 0.559. The van der Waals surface area contributed by atoms with Gasteiger partial charge in [0.25, 0.3) is 0 Å². The van der Waals surface area contributed by atoms with Crippen molar-refractivity contribution in [1.29, 1.82) is 0 Å². The largest absolute Gasteiger partial charge is 0.365 e. The van der Waals surface area contributed by atoms with Crippen molar-refractivity contribution in [3.63, 3.8) is 0 Å². The van der Waals surface area contributed by atoms with E-state index in [1.165, 1.54) is 16.7 Å². The highest BCUT2D eigenvalue weighted by Gasteiger charge is 2.10. The molecule has 0 aliphatic carbocycles. The molecular weight excluding hydrogens is 218 g/mol. The van der Waals surface area contributed by atoms with Crippen LogP contribution in [0.4, 0.5) is 0 Å². The molecule has 0 rings (SSSR count). The Morgan fingerprint density at radius 3 is 2.22 bits per heavy atom. The Bertz CT molecular complexity index is 378. The monoisotopic (exact) mass is 245 g/mol. The summed E-state index contributed by atoms with van der Waals surface area (Å²) in [5.74, 6) is 0.559. The summed E-state index contributed by atoms with van der Waals surface area (Å²) in [7, 11) is 0. The molecule has 0 spiro atoms. The van der Waals surface area contributed by atoms with Crippen LogP contribution in [0, 0.1) is 5.92 Å². The lowest BCUT2D eigenvalue weighted by molar-refractivity contribution is 0.750. The quantitative estimate of drug-likeness (QED) is 0.614. The van der Waals surface area contributed by atoms with E-state index in [2.05, 4.69) is 59.2 Å². The van der Waals surface area contributed by atoms with E-state index >= 15 is 0 Å². The topological polar surface area (TPSA) is 12.0 Å². The van der Waals surface area contributed by atoms with Gasteiger partial charge in [0.05, 0.1) is 0 Å². The zero-order valence-electron chi connectivity index (χ0n) is 12.5. The zero-order chi connectivity index (χ0) is 14.1. The van der Waals surface area contributed by atoms with Crippen molar-refractivity contribution in [2.75, 3.05) is 0 Å². The summed E-state index contributed by atoms with van der Waals surface area (Å²) in [5.41, 5.74) is 5.20. The fourth-order valence-electron chi connectivity index (χ4n) is 1.88. The summed E-state index contributed by atoms with van der Waals surface area (Å²) in [5, 5.41) is 3.19. The van der Waals surface area contributed by atoms with Gasteiger partial charge in [0.2, 0.25) is 0 Å². The number of allylic oxidation sites excluding steroid dienone is 7. The van der Waals surface area contributed by atoms with Crippen molar-refractivity contribution >= 4 is 0 Å². The molecular formula is C17H27N. The van der Waals surface area contributed by atoms with Gasteiger partial charge < -0.3 is 5.32 Å². The molecule has 0 aliphatic rings. The van der Waals surface area contributed by atoms with Crippen molar-refractivity contribution in [2.45, 2.75) is 41.0 Å². The molecule has 0 aromatic rings. The maximum absolute atomic E-state index is 3.74. The van der Waals surface area contributed by atoms with Crippen LogP contribution in [0.25, 0.3) is 0 Å². The first-order chi connectivity index (χ1) is 8.49. The lowest BCUT2D eigenvalue weighted by Crippen LogP contribution is -2.07. The summed E-state index contributed by atoms with van der Waals surface area (Å²) in [6.45, 7) is 18.4. The molecule has 0 aliphatic heterocycles. The van der Waals surface area contributed by atoms with E-state index in [4.69, 9.17) is 0 Å². The summed E-state index contributed by atoms with van der Waals surface area (Å²) < 4.78 is 0. The summed E-state index contributed by atoms with van der Waals surface area (Å²) in [6, 6.07) is 0. The van der Waals surface area contributed by atoms with E-state index in [0.717, 1.165) is 12.1 Å². The Labute approximate surface area is 113 Å². The first kappa shape index (κ1) is 16.5. The molecule has 18 heavy (non-hydrogen) atoms. The average molecular weight is 245 g/mol. The third kappa shape index (κ3) is 4.79. The van der Waals surface area contributed by atoms with Crippen molar-refractivity contribution in [3.8, 4) is 0 Å². The molecule has 0 saturated heterocycles. The molecule has 0 radical (unpaired) electrons. The van der Waals surface area contributed by atoms with E-state index in [1.54, 1.807) is 12.3 Å². The first-order valence-corrected chi connectivity index (χ1v) is 6.56. The summed E-state index contributed by atoms with van der Waals surface area (Å²) in [6.07, 6.45) is 8.64. The van der Waals surface area contributed by atoms with Gasteiger partial charge >= 0.3 is 0 Å². The third-order valence-corrected chi connectivity index (χ3v) is 3.14. The SMILES string of the molecule is C=C\C=C/C(=C(\C)NC=C)C(/CC)=C(\C)C(C)C. The second-order valence-corrected chi connectivity index (χ2v) is 4.65. The smallest absolute Gasteiger partial charge is 0.0191 e. The Balaban J connectivity index is 5.76. The number of rotatable bonds is 7. The van der Waals surface area contributed by atoms with Crippen LogP contribution in [0.2, 0.25) is 0 Å². The molecule has 0 unspecified atom stereocenters. The van der Waals surface area contributed by atoms with Gasteiger partial charge in [0.1, 0.15) is 0 Å². The van der Waals surface area contributed by atoms with E-state index < -0.39 is 0 Å². The Kier molecular flexibility index (Phi) is 7.86. The van der Waals surface area contributed by atoms with Crippen molar-refractivity contribution in [1.82, 2.24) is 5.32 Å². The molecule has 0 amide bonds. The normalized spacial score (nSPS) is 14.3. The van der Waals surface area contributed by atoms with Crippen molar-refractivity contribution in [3.05, 3.63) is 60.0 Å². The van der Waals surface area contributed by atoms with Crippen molar-refractivity contribution in [2.24, 2.45) is 5.92 Å². The molecule has 0 heterocycles. The Morgan fingerprint density at radius 1 is 1.22 bits per heavy atom. The van der Waals surface area contributed by atoms with Crippen LogP contribution >= 0.6 is 0 Å². The predicted octanol–water partition coefficient (Wildman–Crippen LogP) is 5.12. The lowest BCUT2D eigenvalue weighted by atomic mass is 9.90. The standard InChI is InChI=1S/C17H27N/c1-8-11-12-17(15(7)18-10-3)16(9-2)14(6)13(4)5/h8,10-13,18H,1,3,9H2,2,4-7H3/b12-11-,16-14+,17-15-. The summed E-state index contributed by atoms with van der Waals surface area (Å²) >= 11 is 0. The first-order valence-electron chi connectivity index (χ1n) is 6.56. The molecule has 0 saturated carbocycles. The van der Waals surface area contributed by atoms with Crippen LogP contribution in [0.15, 0.2) is 60.0 Å². The lowest BCUT2D eigenvalue weighted by Gasteiger charge is -2.17. The third-order valence-electron chi connectivity index (χ3n) is 3.14. The van der Waals surface area contributed by atoms with Crippen LogP contribution in [-0.2, 0) is 0 Å². The van der Waals surface area contributed by atoms with Gasteiger partial charge in [-0.3, -0.25) is 0 Å². The molecule has 0 fully saturated rings. The molecule has 1 nitrogen and oxygen atoms in total. The molecule has 0 aromatic heterocycles. The van der Waals surface area contributed by atoms with E-state index in [9.17, 15) is 0 Å². The highest BCUT2D eigenvalue weighted by Crippen LogP contribution is 2.26. The molecule has 0 atom stereocenters. The van der Waals surface area contributed by atoms with Gasteiger partial charge in [0.15, 0.2) is 0 Å². The highest BCUT2D eigenvalue weighted by atomic mass is 14.8. The van der Waals surface area contributed by atoms with Gasteiger partial charge in [0, 0.05) is 5.70 Å². The van der Waals surface area contributed by atoms with Gasteiger partial charge in [-0.05, 0) is 43.5 Å². The minimum Gasteiger partial charge on any atom is -0.365 e. The molecule has 0 aromatic carbocycles.